The second kappa shape index (κ2) is 14.6. The molecule has 1 aromatic carbocycles. The molecule has 2 saturated carbocycles. The Balaban J connectivity index is 1.51. The Morgan fingerprint density at radius 2 is 1.51 bits per heavy atom. The molecule has 5 N–H and O–H groups in total. The van der Waals surface area contributed by atoms with Crippen molar-refractivity contribution in [3.63, 3.8) is 0 Å². The van der Waals surface area contributed by atoms with Crippen molar-refractivity contribution in [1.29, 1.82) is 0 Å². The SMILES string of the molecule is CC(C)(C)[C@H](NC(=O)N[C@H](C(=O)N1C[C@H]2[C@@H]([C@H]1C(=O)NC(CC1CCC1)C(=O)C(N)=O)C2(C)C)C(C)(C)C)C(=O)OC(I)c1ccccc1. The van der Waals surface area contributed by atoms with Crippen molar-refractivity contribution in [1.82, 2.24) is 20.9 Å². The highest BCUT2D eigenvalue weighted by atomic mass is 127. The van der Waals surface area contributed by atoms with E-state index < -0.39 is 74.6 Å². The third kappa shape index (κ3) is 8.75. The molecule has 0 aromatic heterocycles. The maximum absolute atomic E-state index is 14.4. The molecule has 0 spiro atoms. The summed E-state index contributed by atoms with van der Waals surface area (Å²) in [4.78, 5) is 81.4. The minimum Gasteiger partial charge on any atom is -0.445 e. The average Bonchev–Trinajstić information content (AvgIpc) is 3.30. The van der Waals surface area contributed by atoms with Crippen LogP contribution in [-0.2, 0) is 28.7 Å². The molecule has 1 heterocycles. The number of likely N-dealkylation sites (tertiary alicyclic amines) is 1. The van der Waals surface area contributed by atoms with Crippen LogP contribution in [0.5, 0.6) is 0 Å². The van der Waals surface area contributed by atoms with Gasteiger partial charge in [0.05, 0.1) is 6.04 Å². The summed E-state index contributed by atoms with van der Waals surface area (Å²) in [7, 11) is 0. The van der Waals surface area contributed by atoms with Crippen LogP contribution in [0.2, 0.25) is 0 Å². The molecule has 0 bridgehead atoms. The first kappa shape index (κ1) is 38.6. The van der Waals surface area contributed by atoms with Crippen molar-refractivity contribution < 1.29 is 33.5 Å². The second-order valence-corrected chi connectivity index (χ2v) is 17.7. The van der Waals surface area contributed by atoms with Gasteiger partial charge >= 0.3 is 12.0 Å². The van der Waals surface area contributed by atoms with E-state index in [0.717, 1.165) is 24.8 Å². The predicted molar refractivity (Wildman–Crippen MR) is 192 cm³/mol. The van der Waals surface area contributed by atoms with Crippen LogP contribution in [0.3, 0.4) is 0 Å². The largest absolute Gasteiger partial charge is 0.445 e. The number of nitrogens with one attached hydrogen (secondary N) is 3. The van der Waals surface area contributed by atoms with Gasteiger partial charge in [-0.1, -0.05) is 105 Å². The van der Waals surface area contributed by atoms with Crippen LogP contribution >= 0.6 is 22.6 Å². The highest BCUT2D eigenvalue weighted by Crippen LogP contribution is 2.65. The van der Waals surface area contributed by atoms with Crippen LogP contribution in [0.4, 0.5) is 4.79 Å². The number of nitrogens with zero attached hydrogens (tertiary/aromatic N) is 1. The monoisotopic (exact) mass is 793 g/mol. The van der Waals surface area contributed by atoms with Gasteiger partial charge in [-0.2, -0.15) is 0 Å². The molecule has 1 saturated heterocycles. The lowest BCUT2D eigenvalue weighted by atomic mass is 9.80. The van der Waals surface area contributed by atoms with Crippen molar-refractivity contribution >= 4 is 58.1 Å². The summed E-state index contributed by atoms with van der Waals surface area (Å²) in [5, 5.41) is 8.33. The standard InChI is InChI=1S/C36H52IN5O7/c1-34(2,3)26(40-33(48)41-27(35(4,5)6)32(47)49-28(37)20-15-10-9-11-16-20)31(46)42-18-21-23(36(21,7)8)24(42)30(45)39-22(25(43)29(38)44)17-19-13-12-14-19/h9-11,15-16,19,21-24,26-28H,12-14,17-18H2,1-8H3,(H2,38,44)(H,39,45)(H2,40,41,48)/t21-,22?,23-,24-,26+,27+,28?/m0/s1. The first-order chi connectivity index (χ1) is 22.6. The summed E-state index contributed by atoms with van der Waals surface area (Å²) in [5.74, 6) is -3.44. The van der Waals surface area contributed by atoms with Crippen LogP contribution in [0.15, 0.2) is 30.3 Å². The molecule has 12 nitrogen and oxygen atoms in total. The lowest BCUT2D eigenvalue weighted by Gasteiger charge is -2.38. The van der Waals surface area contributed by atoms with E-state index >= 15 is 0 Å². The molecule has 270 valence electrons. The Morgan fingerprint density at radius 1 is 0.939 bits per heavy atom. The lowest BCUT2D eigenvalue weighted by Crippen LogP contribution is -2.62. The van der Waals surface area contributed by atoms with Crippen molar-refractivity contribution in [2.75, 3.05) is 6.54 Å². The fraction of sp³-hybridized carbons (Fsp3) is 0.667. The van der Waals surface area contributed by atoms with Crippen molar-refractivity contribution in [2.45, 2.75) is 109 Å². The van der Waals surface area contributed by atoms with E-state index in [1.165, 1.54) is 4.90 Å². The zero-order valence-electron chi connectivity index (χ0n) is 29.8. The Kier molecular flexibility index (Phi) is 11.5. The van der Waals surface area contributed by atoms with Crippen LogP contribution in [0.1, 0.15) is 90.7 Å². The van der Waals surface area contributed by atoms with Crippen molar-refractivity contribution in [2.24, 2.45) is 39.7 Å². The normalized spacial score (nSPS) is 23.9. The van der Waals surface area contributed by atoms with E-state index in [2.05, 4.69) is 16.0 Å². The Morgan fingerprint density at radius 3 is 2.02 bits per heavy atom. The molecule has 5 amide bonds. The molecule has 1 aromatic rings. The summed E-state index contributed by atoms with van der Waals surface area (Å²) in [6, 6.07) is 4.44. The second-order valence-electron chi connectivity index (χ2n) is 16.6. The summed E-state index contributed by atoms with van der Waals surface area (Å²) in [6.45, 7) is 15.2. The number of carbonyl (C=O) groups excluding carboxylic acids is 6. The number of carbonyl (C=O) groups is 6. The minimum atomic E-state index is -1.11. The Hall–Kier alpha value is -3.23. The number of alkyl halides is 1. The summed E-state index contributed by atoms with van der Waals surface area (Å²) < 4.78 is 5.16. The van der Waals surface area contributed by atoms with E-state index in [4.69, 9.17) is 10.5 Å². The van der Waals surface area contributed by atoms with E-state index in [0.29, 0.717) is 13.0 Å². The maximum atomic E-state index is 14.4. The molecular formula is C36H52IN5O7. The van der Waals surface area contributed by atoms with Gasteiger partial charge in [0.1, 0.15) is 18.1 Å². The van der Waals surface area contributed by atoms with Gasteiger partial charge < -0.3 is 31.3 Å². The number of urea groups is 1. The number of amides is 5. The fourth-order valence-corrected chi connectivity index (χ4v) is 7.79. The third-order valence-electron chi connectivity index (χ3n) is 10.5. The smallest absolute Gasteiger partial charge is 0.330 e. The number of hydrogen-bond acceptors (Lipinski definition) is 7. The number of halogens is 1. The molecule has 49 heavy (non-hydrogen) atoms. The molecule has 4 rings (SSSR count). The number of fused-ring (bicyclic) bond motifs is 1. The number of ether oxygens (including phenoxy) is 1. The zero-order chi connectivity index (χ0) is 36.6. The predicted octanol–water partition coefficient (Wildman–Crippen LogP) is 4.00. The highest BCUT2D eigenvalue weighted by Gasteiger charge is 2.70. The molecule has 1 aliphatic heterocycles. The van der Waals surface area contributed by atoms with Gasteiger partial charge in [0.25, 0.3) is 5.91 Å². The molecule has 13 heteroatoms. The van der Waals surface area contributed by atoms with Gasteiger partial charge in [0.2, 0.25) is 17.6 Å². The molecule has 2 aliphatic carbocycles. The van der Waals surface area contributed by atoms with E-state index in [9.17, 15) is 28.8 Å². The topological polar surface area (TPSA) is 177 Å². The molecule has 7 atom stereocenters. The van der Waals surface area contributed by atoms with Crippen LogP contribution in [0, 0.1) is 34.0 Å². The lowest BCUT2D eigenvalue weighted by molar-refractivity contribution is -0.149. The Bertz CT molecular complexity index is 1450. The maximum Gasteiger partial charge on any atom is 0.330 e. The average molecular weight is 794 g/mol. The number of primary amides is 1. The zero-order valence-corrected chi connectivity index (χ0v) is 32.0. The first-order valence-electron chi connectivity index (χ1n) is 17.1. The number of nitrogens with two attached hydrogens (primary N) is 1. The molecular weight excluding hydrogens is 741 g/mol. The van der Waals surface area contributed by atoms with Crippen molar-refractivity contribution in [3.05, 3.63) is 35.9 Å². The number of benzene rings is 1. The number of Topliss-reactive ketones (excluding diaryl/α,β-unsaturated/α-hetero) is 1. The van der Waals surface area contributed by atoms with Crippen LogP contribution < -0.4 is 21.7 Å². The van der Waals surface area contributed by atoms with Gasteiger partial charge in [-0.25, -0.2) is 9.59 Å². The van der Waals surface area contributed by atoms with Gasteiger partial charge in [-0.05, 0) is 63.0 Å². The highest BCUT2D eigenvalue weighted by molar-refractivity contribution is 14.1. The number of rotatable bonds is 12. The summed E-state index contributed by atoms with van der Waals surface area (Å²) >= 11 is 2.02. The van der Waals surface area contributed by atoms with E-state index in [1.54, 1.807) is 20.8 Å². The van der Waals surface area contributed by atoms with E-state index in [1.807, 2.05) is 87.5 Å². The number of ketones is 1. The first-order valence-corrected chi connectivity index (χ1v) is 18.3. The molecule has 2 unspecified atom stereocenters. The van der Waals surface area contributed by atoms with E-state index in [-0.39, 0.29) is 23.2 Å². The van der Waals surface area contributed by atoms with Gasteiger partial charge in [-0.15, -0.1) is 0 Å². The third-order valence-corrected chi connectivity index (χ3v) is 11.5. The number of piperidine rings is 1. The fourth-order valence-electron chi connectivity index (χ4n) is 7.13. The number of hydrogen-bond donors (Lipinski definition) is 4. The molecule has 3 aliphatic rings. The van der Waals surface area contributed by atoms with Crippen LogP contribution in [-0.4, -0.2) is 71.1 Å². The minimum absolute atomic E-state index is 0.0458. The quantitative estimate of drug-likeness (QED) is 0.107. The van der Waals surface area contributed by atoms with Gasteiger partial charge in [0, 0.05) is 12.1 Å². The van der Waals surface area contributed by atoms with Crippen molar-refractivity contribution in [3.8, 4) is 0 Å². The van der Waals surface area contributed by atoms with Gasteiger partial charge in [0.15, 0.2) is 4.11 Å². The molecule has 0 radical (unpaired) electrons. The Labute approximate surface area is 302 Å². The van der Waals surface area contributed by atoms with Gasteiger partial charge in [-0.3, -0.25) is 19.2 Å². The molecule has 3 fully saturated rings. The summed E-state index contributed by atoms with van der Waals surface area (Å²) in [5.41, 5.74) is 4.41. The number of esters is 1. The van der Waals surface area contributed by atoms with Crippen LogP contribution in [0.25, 0.3) is 0 Å². The summed E-state index contributed by atoms with van der Waals surface area (Å²) in [6.07, 6.45) is 3.16.